The molecule has 0 saturated heterocycles. The Morgan fingerprint density at radius 2 is 1.44 bits per heavy atom. The molecule has 2 aromatic heterocycles. The van der Waals surface area contributed by atoms with Crippen LogP contribution in [0.15, 0.2) is 36.4 Å². The maximum absolute atomic E-state index is 4.58. The van der Waals surface area contributed by atoms with Gasteiger partial charge in [-0.15, -0.1) is 0 Å². The second kappa shape index (κ2) is 6.92. The van der Waals surface area contributed by atoms with E-state index in [1.165, 1.54) is 5.56 Å². The average molecular weight is 376 g/mol. The first-order chi connectivity index (χ1) is 13.0. The van der Waals surface area contributed by atoms with E-state index in [-0.39, 0.29) is 0 Å². The summed E-state index contributed by atoms with van der Waals surface area (Å²) in [6.07, 6.45) is 0. The topological polar surface area (TPSA) is 75.6 Å². The molecule has 0 aliphatic rings. The molecule has 0 radical (unpaired) electrons. The van der Waals surface area contributed by atoms with Crippen LogP contribution in [0, 0.1) is 27.7 Å². The van der Waals surface area contributed by atoms with Crippen LogP contribution in [-0.4, -0.2) is 19.9 Å². The molecule has 6 nitrogen and oxygen atoms in total. The van der Waals surface area contributed by atoms with Crippen LogP contribution in [0.5, 0.6) is 0 Å². The lowest BCUT2D eigenvalue weighted by Crippen LogP contribution is -2.06. The first-order valence-corrected chi connectivity index (χ1v) is 9.50. The molecule has 4 rings (SSSR count). The Morgan fingerprint density at radius 3 is 2.15 bits per heavy atom. The number of fused-ring (bicyclic) bond motifs is 1. The van der Waals surface area contributed by atoms with Crippen molar-refractivity contribution in [2.24, 2.45) is 0 Å². The summed E-state index contributed by atoms with van der Waals surface area (Å²) in [5, 5.41) is 7.31. The summed E-state index contributed by atoms with van der Waals surface area (Å²) in [4.78, 5) is 17.9. The van der Waals surface area contributed by atoms with E-state index >= 15 is 0 Å². The van der Waals surface area contributed by atoms with E-state index in [9.17, 15) is 0 Å². The number of nitrogens with one attached hydrogen (secondary N) is 2. The fourth-order valence-corrected chi connectivity index (χ4v) is 3.96. The zero-order valence-corrected chi connectivity index (χ0v) is 16.5. The summed E-state index contributed by atoms with van der Waals surface area (Å²) < 4.78 is 1.12. The van der Waals surface area contributed by atoms with E-state index in [1.807, 2.05) is 31.2 Å². The minimum atomic E-state index is 0.478. The van der Waals surface area contributed by atoms with Crippen LogP contribution in [0.25, 0.3) is 10.2 Å². The lowest BCUT2D eigenvalue weighted by molar-refractivity contribution is 0.987. The lowest BCUT2D eigenvalue weighted by Gasteiger charge is -2.13. The molecule has 0 fully saturated rings. The highest BCUT2D eigenvalue weighted by atomic mass is 32.1. The van der Waals surface area contributed by atoms with Crippen LogP contribution in [0.3, 0.4) is 0 Å². The van der Waals surface area contributed by atoms with Crippen molar-refractivity contribution in [3.63, 3.8) is 0 Å². The number of rotatable bonds is 4. The molecule has 2 heterocycles. The molecule has 7 heteroatoms. The number of aryl methyl sites for hydroxylation is 4. The molecule has 0 amide bonds. The maximum Gasteiger partial charge on any atom is 0.234 e. The monoisotopic (exact) mass is 376 g/mol. The summed E-state index contributed by atoms with van der Waals surface area (Å²) in [6, 6.07) is 12.3. The number of benzene rings is 2. The maximum atomic E-state index is 4.58. The SMILES string of the molecule is Cc1cc(C)c(Nc2nc(C)nc(Nc3nc4ccccc4s3)n2)c(C)c1. The Labute approximate surface area is 161 Å². The molecular weight excluding hydrogens is 356 g/mol. The van der Waals surface area contributed by atoms with Crippen LogP contribution in [0.1, 0.15) is 22.5 Å². The van der Waals surface area contributed by atoms with Crippen molar-refractivity contribution in [1.29, 1.82) is 0 Å². The van der Waals surface area contributed by atoms with Gasteiger partial charge in [0.2, 0.25) is 11.9 Å². The number of nitrogens with zero attached hydrogens (tertiary/aromatic N) is 4. The summed E-state index contributed by atoms with van der Waals surface area (Å²) in [5.74, 6) is 1.63. The van der Waals surface area contributed by atoms with Gasteiger partial charge in [0.25, 0.3) is 0 Å². The zero-order chi connectivity index (χ0) is 19.0. The lowest BCUT2D eigenvalue weighted by atomic mass is 10.1. The van der Waals surface area contributed by atoms with Crippen LogP contribution >= 0.6 is 11.3 Å². The average Bonchev–Trinajstić information content (AvgIpc) is 2.99. The Bertz CT molecular complexity index is 1080. The Balaban J connectivity index is 1.63. The minimum absolute atomic E-state index is 0.478. The van der Waals surface area contributed by atoms with E-state index in [0.717, 1.165) is 32.2 Å². The highest BCUT2D eigenvalue weighted by Gasteiger charge is 2.10. The van der Waals surface area contributed by atoms with Crippen molar-refractivity contribution in [1.82, 2.24) is 19.9 Å². The van der Waals surface area contributed by atoms with Crippen LogP contribution in [0.4, 0.5) is 22.7 Å². The number of anilines is 4. The molecular formula is C20H20N6S. The van der Waals surface area contributed by atoms with Gasteiger partial charge in [0.05, 0.1) is 10.2 Å². The fraction of sp³-hybridized carbons (Fsp3) is 0.200. The van der Waals surface area contributed by atoms with E-state index in [1.54, 1.807) is 11.3 Å². The summed E-state index contributed by atoms with van der Waals surface area (Å²) in [7, 11) is 0. The molecule has 0 spiro atoms. The van der Waals surface area contributed by atoms with Gasteiger partial charge in [-0.25, -0.2) is 4.98 Å². The quantitative estimate of drug-likeness (QED) is 0.510. The molecule has 2 N–H and O–H groups in total. The van der Waals surface area contributed by atoms with Gasteiger partial charge in [-0.1, -0.05) is 41.2 Å². The molecule has 0 bridgehead atoms. The van der Waals surface area contributed by atoms with Gasteiger partial charge >= 0.3 is 0 Å². The highest BCUT2D eigenvalue weighted by molar-refractivity contribution is 7.22. The molecule has 4 aromatic rings. The van der Waals surface area contributed by atoms with Gasteiger partial charge in [0, 0.05) is 5.69 Å². The molecule has 27 heavy (non-hydrogen) atoms. The van der Waals surface area contributed by atoms with Gasteiger partial charge in [-0.05, 0) is 51.0 Å². The number of aromatic nitrogens is 4. The van der Waals surface area contributed by atoms with Gasteiger partial charge in [0.15, 0.2) is 5.13 Å². The number of hydrogen-bond donors (Lipinski definition) is 2. The van der Waals surface area contributed by atoms with Crippen molar-refractivity contribution < 1.29 is 0 Å². The number of hydrogen-bond acceptors (Lipinski definition) is 7. The van der Waals surface area contributed by atoms with Gasteiger partial charge in [-0.3, -0.25) is 5.32 Å². The van der Waals surface area contributed by atoms with Crippen LogP contribution in [-0.2, 0) is 0 Å². The first kappa shape index (κ1) is 17.4. The summed E-state index contributed by atoms with van der Waals surface area (Å²) in [6.45, 7) is 8.11. The van der Waals surface area contributed by atoms with E-state index in [2.05, 4.69) is 63.5 Å². The van der Waals surface area contributed by atoms with E-state index < -0.39 is 0 Å². The highest BCUT2D eigenvalue weighted by Crippen LogP contribution is 2.28. The van der Waals surface area contributed by atoms with Gasteiger partial charge in [0.1, 0.15) is 5.82 Å². The standard InChI is InChI=1S/C20H20N6S/c1-11-9-12(2)17(13(3)10-11)24-18-21-14(4)22-19(25-18)26-20-23-15-7-5-6-8-16(15)27-20/h5-10H,1-4H3,(H2,21,22,23,24,25,26). The predicted octanol–water partition coefficient (Wildman–Crippen LogP) is 5.20. The van der Waals surface area contributed by atoms with Crippen LogP contribution in [0.2, 0.25) is 0 Å². The third-order valence-corrected chi connectivity index (χ3v) is 5.13. The fourth-order valence-electron chi connectivity index (χ4n) is 3.10. The molecule has 0 aliphatic heterocycles. The largest absolute Gasteiger partial charge is 0.324 e. The smallest absolute Gasteiger partial charge is 0.234 e. The van der Waals surface area contributed by atoms with Gasteiger partial charge in [-0.2, -0.15) is 15.0 Å². The molecule has 0 aliphatic carbocycles. The van der Waals surface area contributed by atoms with E-state index in [4.69, 9.17) is 0 Å². The Morgan fingerprint density at radius 1 is 0.778 bits per heavy atom. The Hall–Kier alpha value is -3.06. The third-order valence-electron chi connectivity index (χ3n) is 4.17. The molecule has 0 unspecified atom stereocenters. The molecule has 2 aromatic carbocycles. The third kappa shape index (κ3) is 3.73. The molecule has 136 valence electrons. The summed E-state index contributed by atoms with van der Waals surface area (Å²) in [5.41, 5.74) is 5.54. The number of thiazole rings is 1. The van der Waals surface area contributed by atoms with E-state index in [0.29, 0.717) is 17.7 Å². The molecule has 0 atom stereocenters. The molecule has 0 saturated carbocycles. The minimum Gasteiger partial charge on any atom is -0.324 e. The van der Waals surface area contributed by atoms with Crippen molar-refractivity contribution >= 4 is 44.3 Å². The van der Waals surface area contributed by atoms with Crippen molar-refractivity contribution in [3.8, 4) is 0 Å². The predicted molar refractivity (Wildman–Crippen MR) is 111 cm³/mol. The second-order valence-electron chi connectivity index (χ2n) is 6.54. The van der Waals surface area contributed by atoms with Crippen molar-refractivity contribution in [3.05, 3.63) is 58.9 Å². The van der Waals surface area contributed by atoms with Crippen molar-refractivity contribution in [2.75, 3.05) is 10.6 Å². The van der Waals surface area contributed by atoms with Gasteiger partial charge < -0.3 is 5.32 Å². The number of para-hydroxylation sites is 1. The van der Waals surface area contributed by atoms with Crippen molar-refractivity contribution in [2.45, 2.75) is 27.7 Å². The zero-order valence-electron chi connectivity index (χ0n) is 15.7. The first-order valence-electron chi connectivity index (χ1n) is 8.68. The van der Waals surface area contributed by atoms with Crippen LogP contribution < -0.4 is 10.6 Å². The Kier molecular flexibility index (Phi) is 4.45. The summed E-state index contributed by atoms with van der Waals surface area (Å²) >= 11 is 1.57. The normalized spacial score (nSPS) is 11.0. The second-order valence-corrected chi connectivity index (χ2v) is 7.57.